The minimum absolute atomic E-state index is 0.279. The van der Waals surface area contributed by atoms with E-state index in [0.29, 0.717) is 0 Å². The van der Waals surface area contributed by atoms with Crippen LogP contribution in [0.1, 0.15) is 10.5 Å². The van der Waals surface area contributed by atoms with E-state index in [0.717, 1.165) is 6.07 Å². The van der Waals surface area contributed by atoms with Crippen molar-refractivity contribution >= 4 is 15.9 Å². The maximum Gasteiger partial charge on any atom is 0.274 e. The lowest BCUT2D eigenvalue weighted by atomic mass is 10.4. The van der Waals surface area contributed by atoms with Crippen molar-refractivity contribution in [2.75, 3.05) is 0 Å². The van der Waals surface area contributed by atoms with Gasteiger partial charge in [-0.3, -0.25) is 4.79 Å². The van der Waals surface area contributed by atoms with Crippen molar-refractivity contribution in [3.05, 3.63) is 11.8 Å². The van der Waals surface area contributed by atoms with Gasteiger partial charge in [0.05, 0.1) is 0 Å². The average molecular weight is 191 g/mol. The van der Waals surface area contributed by atoms with Gasteiger partial charge in [-0.1, -0.05) is 5.16 Å². The molecule has 66 valence electrons. The molecular formula is C4H5N3O4S. The SMILES string of the molecule is NC(=O)c1cc(S(N)(=O)=O)on1. The van der Waals surface area contributed by atoms with E-state index in [4.69, 9.17) is 5.73 Å². The number of nitrogens with two attached hydrogens (primary N) is 2. The number of nitrogens with zero attached hydrogens (tertiary/aromatic N) is 1. The Kier molecular flexibility index (Phi) is 1.86. The van der Waals surface area contributed by atoms with Crippen molar-refractivity contribution in [3.8, 4) is 0 Å². The van der Waals surface area contributed by atoms with Crippen molar-refractivity contribution in [2.24, 2.45) is 10.9 Å². The molecule has 0 spiro atoms. The highest BCUT2D eigenvalue weighted by Crippen LogP contribution is 2.07. The predicted octanol–water partition coefficient (Wildman–Crippen LogP) is -1.58. The summed E-state index contributed by atoms with van der Waals surface area (Å²) in [5, 5.41) is 7.14. The molecule has 0 aromatic carbocycles. The Bertz CT molecular complexity index is 406. The Balaban J connectivity index is 3.17. The molecule has 4 N–H and O–H groups in total. The molecule has 0 aliphatic heterocycles. The van der Waals surface area contributed by atoms with Crippen LogP contribution in [0.4, 0.5) is 0 Å². The second-order valence-corrected chi connectivity index (χ2v) is 3.43. The van der Waals surface area contributed by atoms with Gasteiger partial charge in [-0.2, -0.15) is 0 Å². The lowest BCUT2D eigenvalue weighted by molar-refractivity contribution is 0.0991. The number of carbonyl (C=O) groups is 1. The van der Waals surface area contributed by atoms with Gasteiger partial charge in [-0.05, 0) is 0 Å². The molecular weight excluding hydrogens is 186 g/mol. The van der Waals surface area contributed by atoms with Crippen LogP contribution in [0.2, 0.25) is 0 Å². The largest absolute Gasteiger partial charge is 0.364 e. The quantitative estimate of drug-likeness (QED) is 0.582. The lowest BCUT2D eigenvalue weighted by Crippen LogP contribution is -2.12. The van der Waals surface area contributed by atoms with E-state index in [1.165, 1.54) is 0 Å². The number of sulfonamides is 1. The molecule has 0 unspecified atom stereocenters. The normalized spacial score (nSPS) is 11.4. The number of amides is 1. The predicted molar refractivity (Wildman–Crippen MR) is 36.4 cm³/mol. The molecule has 0 radical (unpaired) electrons. The third-order valence-corrected chi connectivity index (χ3v) is 1.77. The van der Waals surface area contributed by atoms with Gasteiger partial charge in [0.1, 0.15) is 0 Å². The lowest BCUT2D eigenvalue weighted by Gasteiger charge is -1.84. The van der Waals surface area contributed by atoms with Crippen molar-refractivity contribution in [1.82, 2.24) is 5.16 Å². The van der Waals surface area contributed by atoms with Gasteiger partial charge < -0.3 is 10.3 Å². The van der Waals surface area contributed by atoms with E-state index < -0.39 is 21.0 Å². The minimum Gasteiger partial charge on any atom is -0.364 e. The Hall–Kier alpha value is -1.41. The number of rotatable bonds is 2. The molecule has 0 saturated heterocycles. The van der Waals surface area contributed by atoms with Crippen LogP contribution >= 0.6 is 0 Å². The van der Waals surface area contributed by atoms with Crippen LogP contribution in [0.3, 0.4) is 0 Å². The summed E-state index contributed by atoms with van der Waals surface area (Å²) in [5.41, 5.74) is 4.49. The standard InChI is InChI=1S/C4H5N3O4S/c5-4(8)2-1-3(11-7-2)12(6,9)10/h1H,(H2,5,8)(H2,6,9,10). The zero-order valence-corrected chi connectivity index (χ0v) is 6.54. The fourth-order valence-corrected chi connectivity index (χ4v) is 0.926. The summed E-state index contributed by atoms with van der Waals surface area (Å²) in [7, 11) is -3.95. The topological polar surface area (TPSA) is 129 Å². The molecule has 0 aliphatic carbocycles. The number of aromatic nitrogens is 1. The first-order chi connectivity index (χ1) is 5.41. The maximum absolute atomic E-state index is 10.6. The van der Waals surface area contributed by atoms with Crippen LogP contribution in [-0.4, -0.2) is 19.5 Å². The molecule has 7 nitrogen and oxygen atoms in total. The Morgan fingerprint density at radius 3 is 2.42 bits per heavy atom. The van der Waals surface area contributed by atoms with Gasteiger partial charge >= 0.3 is 0 Å². The highest BCUT2D eigenvalue weighted by Gasteiger charge is 2.17. The van der Waals surface area contributed by atoms with Crippen molar-refractivity contribution in [3.63, 3.8) is 0 Å². The van der Waals surface area contributed by atoms with E-state index >= 15 is 0 Å². The van der Waals surface area contributed by atoms with Gasteiger partial charge in [0.2, 0.25) is 0 Å². The third-order valence-electron chi connectivity index (χ3n) is 1.02. The van der Waals surface area contributed by atoms with Crippen LogP contribution in [0.5, 0.6) is 0 Å². The number of hydrogen-bond acceptors (Lipinski definition) is 5. The number of carbonyl (C=O) groups excluding carboxylic acids is 1. The zero-order chi connectivity index (χ0) is 9.35. The van der Waals surface area contributed by atoms with E-state index in [9.17, 15) is 13.2 Å². The molecule has 0 saturated carbocycles. The molecule has 1 heterocycles. The Labute approximate surface area is 67.4 Å². The van der Waals surface area contributed by atoms with E-state index in [2.05, 4.69) is 14.8 Å². The molecule has 0 aliphatic rings. The molecule has 0 fully saturated rings. The highest BCUT2D eigenvalue weighted by atomic mass is 32.2. The van der Waals surface area contributed by atoms with Crippen LogP contribution in [0.25, 0.3) is 0 Å². The second kappa shape index (κ2) is 2.57. The number of primary amides is 1. The summed E-state index contributed by atoms with van der Waals surface area (Å²) >= 11 is 0. The summed E-state index contributed by atoms with van der Waals surface area (Å²) in [6.07, 6.45) is 0. The summed E-state index contributed by atoms with van der Waals surface area (Å²) < 4.78 is 25.3. The van der Waals surface area contributed by atoms with E-state index in [1.807, 2.05) is 0 Å². The molecule has 0 atom stereocenters. The molecule has 0 bridgehead atoms. The summed E-state index contributed by atoms with van der Waals surface area (Å²) in [5.74, 6) is -0.881. The number of primary sulfonamides is 1. The van der Waals surface area contributed by atoms with Crippen LogP contribution in [0.15, 0.2) is 15.7 Å². The van der Waals surface area contributed by atoms with Gasteiger partial charge in [0.25, 0.3) is 21.0 Å². The summed E-state index contributed by atoms with van der Waals surface area (Å²) in [6.45, 7) is 0. The molecule has 1 rings (SSSR count). The van der Waals surface area contributed by atoms with Crippen molar-refractivity contribution in [1.29, 1.82) is 0 Å². The Morgan fingerprint density at radius 2 is 2.17 bits per heavy atom. The number of hydrogen-bond donors (Lipinski definition) is 2. The van der Waals surface area contributed by atoms with E-state index in [-0.39, 0.29) is 5.69 Å². The first-order valence-corrected chi connectivity index (χ1v) is 4.25. The molecule has 1 aromatic rings. The van der Waals surface area contributed by atoms with Crippen LogP contribution in [0, 0.1) is 0 Å². The third kappa shape index (κ3) is 1.60. The monoisotopic (exact) mass is 191 g/mol. The van der Waals surface area contributed by atoms with Crippen LogP contribution in [-0.2, 0) is 10.0 Å². The molecule has 1 amide bonds. The average Bonchev–Trinajstić information content (AvgIpc) is 2.30. The fraction of sp³-hybridized carbons (Fsp3) is 0. The Morgan fingerprint density at radius 1 is 1.58 bits per heavy atom. The fourth-order valence-electron chi connectivity index (χ4n) is 0.509. The minimum atomic E-state index is -3.95. The van der Waals surface area contributed by atoms with Gasteiger partial charge in [0, 0.05) is 6.07 Å². The van der Waals surface area contributed by atoms with Gasteiger partial charge in [-0.15, -0.1) is 0 Å². The van der Waals surface area contributed by atoms with Crippen LogP contribution < -0.4 is 10.9 Å². The van der Waals surface area contributed by atoms with Crippen molar-refractivity contribution < 1.29 is 17.7 Å². The summed E-state index contributed by atoms with van der Waals surface area (Å²) in [4.78, 5) is 10.4. The van der Waals surface area contributed by atoms with Gasteiger partial charge in [-0.25, -0.2) is 13.6 Å². The second-order valence-electron chi connectivity index (χ2n) is 1.94. The van der Waals surface area contributed by atoms with Gasteiger partial charge in [0.15, 0.2) is 5.69 Å². The smallest absolute Gasteiger partial charge is 0.274 e. The molecule has 12 heavy (non-hydrogen) atoms. The zero-order valence-electron chi connectivity index (χ0n) is 5.72. The first kappa shape index (κ1) is 8.68. The van der Waals surface area contributed by atoms with E-state index in [1.54, 1.807) is 0 Å². The molecule has 8 heteroatoms. The summed E-state index contributed by atoms with van der Waals surface area (Å²) in [6, 6.07) is 0.859. The first-order valence-electron chi connectivity index (χ1n) is 2.70. The van der Waals surface area contributed by atoms with Crippen molar-refractivity contribution in [2.45, 2.75) is 5.09 Å². The molecule has 1 aromatic heterocycles. The highest BCUT2D eigenvalue weighted by molar-refractivity contribution is 7.89. The maximum atomic E-state index is 10.6.